The van der Waals surface area contributed by atoms with Gasteiger partial charge in [-0.05, 0) is 96.3 Å². The Morgan fingerprint density at radius 2 is 0.476 bits per heavy atom. The molecule has 0 radical (unpaired) electrons. The van der Waals surface area contributed by atoms with E-state index >= 15 is 0 Å². The molecule has 0 aromatic rings. The zero-order chi connectivity index (χ0) is 59.2. The summed E-state index contributed by atoms with van der Waals surface area (Å²) < 4.78 is 17.0. The number of hydrogen-bond donors (Lipinski definition) is 0. The highest BCUT2D eigenvalue weighted by Gasteiger charge is 2.19. The number of carbonyl (C=O) groups excluding carboxylic acids is 3. The third-order valence-corrected chi connectivity index (χ3v) is 15.6. The van der Waals surface area contributed by atoms with E-state index in [1.165, 1.54) is 218 Å². The summed E-state index contributed by atoms with van der Waals surface area (Å²) in [5.74, 6) is -0.861. The van der Waals surface area contributed by atoms with Gasteiger partial charge in [-0.25, -0.2) is 0 Å². The van der Waals surface area contributed by atoms with E-state index in [0.717, 1.165) is 103 Å². The first-order valence-electron chi connectivity index (χ1n) is 35.6. The van der Waals surface area contributed by atoms with E-state index in [9.17, 15) is 14.4 Å². The molecule has 0 aliphatic heterocycles. The van der Waals surface area contributed by atoms with Crippen molar-refractivity contribution < 1.29 is 28.6 Å². The van der Waals surface area contributed by atoms with Crippen molar-refractivity contribution >= 4 is 17.9 Å². The van der Waals surface area contributed by atoms with Crippen LogP contribution in [-0.2, 0) is 28.6 Å². The van der Waals surface area contributed by atoms with Crippen LogP contribution in [0.25, 0.3) is 0 Å². The lowest BCUT2D eigenvalue weighted by molar-refractivity contribution is -0.167. The molecule has 0 aromatic heterocycles. The fourth-order valence-electron chi connectivity index (χ4n) is 10.3. The van der Waals surface area contributed by atoms with E-state index < -0.39 is 6.10 Å². The first kappa shape index (κ1) is 78.6. The van der Waals surface area contributed by atoms with Gasteiger partial charge in [-0.2, -0.15) is 0 Å². The van der Waals surface area contributed by atoms with Crippen molar-refractivity contribution in [2.24, 2.45) is 0 Å². The fraction of sp³-hybridized carbons (Fsp3) is 0.776. The molecular formula is C76H134O6. The predicted molar refractivity (Wildman–Crippen MR) is 358 cm³/mol. The third-order valence-electron chi connectivity index (χ3n) is 15.6. The van der Waals surface area contributed by atoms with Gasteiger partial charge in [-0.15, -0.1) is 0 Å². The normalized spacial score (nSPS) is 12.6. The molecule has 82 heavy (non-hydrogen) atoms. The average Bonchev–Trinajstić information content (AvgIpc) is 3.47. The topological polar surface area (TPSA) is 78.9 Å². The summed E-state index contributed by atoms with van der Waals surface area (Å²) in [6.07, 6.45) is 93.3. The Labute approximate surface area is 509 Å². The van der Waals surface area contributed by atoms with E-state index in [-0.39, 0.29) is 31.1 Å². The average molecular weight is 1140 g/mol. The summed E-state index contributed by atoms with van der Waals surface area (Å²) in [6, 6.07) is 0. The lowest BCUT2D eigenvalue weighted by atomic mass is 10.0. The Morgan fingerprint density at radius 3 is 0.768 bits per heavy atom. The minimum atomic E-state index is -0.776. The van der Waals surface area contributed by atoms with Gasteiger partial charge in [0.05, 0.1) is 0 Å². The second kappa shape index (κ2) is 70.1. The number of ether oxygens (including phenoxy) is 3. The quantitative estimate of drug-likeness (QED) is 0.0261. The predicted octanol–water partition coefficient (Wildman–Crippen LogP) is 24.6. The Kier molecular flexibility index (Phi) is 67.2. The molecular weight excluding hydrogens is 1010 g/mol. The molecule has 1 unspecified atom stereocenters. The Balaban J connectivity index is 4.13. The van der Waals surface area contributed by atoms with Gasteiger partial charge in [0.2, 0.25) is 0 Å². The first-order chi connectivity index (χ1) is 40.5. The first-order valence-corrected chi connectivity index (χ1v) is 35.6. The van der Waals surface area contributed by atoms with Crippen molar-refractivity contribution in [2.45, 2.75) is 367 Å². The van der Waals surface area contributed by atoms with Gasteiger partial charge >= 0.3 is 17.9 Å². The van der Waals surface area contributed by atoms with Crippen LogP contribution in [0.1, 0.15) is 361 Å². The largest absolute Gasteiger partial charge is 0.462 e. The van der Waals surface area contributed by atoms with Crippen LogP contribution in [0.3, 0.4) is 0 Å². The Morgan fingerprint density at radius 1 is 0.256 bits per heavy atom. The minimum Gasteiger partial charge on any atom is -0.462 e. The molecule has 0 aliphatic rings. The molecule has 0 spiro atoms. The number of hydrogen-bond acceptors (Lipinski definition) is 6. The van der Waals surface area contributed by atoms with E-state index in [2.05, 4.69) is 106 Å². The number of esters is 3. The van der Waals surface area contributed by atoms with Crippen LogP contribution < -0.4 is 0 Å². The van der Waals surface area contributed by atoms with Gasteiger partial charge in [0.15, 0.2) is 6.10 Å². The SMILES string of the molecule is CC/C=C\C/C=C\C/C=C\C/C=C\C/C=C\C/C=C\CCCCCCCCCCCCCCCCCCC(=O)OCC(COC(=O)CCCCCCC/C=C\CCCCCC)OC(=O)CCCCCCCCCCCCCCCCCC. The molecule has 0 saturated heterocycles. The summed E-state index contributed by atoms with van der Waals surface area (Å²) in [5, 5.41) is 0. The molecule has 0 aromatic carbocycles. The molecule has 0 saturated carbocycles. The highest BCUT2D eigenvalue weighted by Crippen LogP contribution is 2.18. The molecule has 0 aliphatic carbocycles. The third kappa shape index (κ3) is 67.4. The maximum absolute atomic E-state index is 12.9. The second-order valence-electron chi connectivity index (χ2n) is 23.8. The fourth-order valence-corrected chi connectivity index (χ4v) is 10.3. The summed E-state index contributed by atoms with van der Waals surface area (Å²) >= 11 is 0. The smallest absolute Gasteiger partial charge is 0.306 e. The van der Waals surface area contributed by atoms with Gasteiger partial charge in [-0.1, -0.05) is 331 Å². The molecule has 6 heteroatoms. The van der Waals surface area contributed by atoms with Crippen LogP contribution in [0.5, 0.6) is 0 Å². The zero-order valence-corrected chi connectivity index (χ0v) is 54.5. The van der Waals surface area contributed by atoms with Gasteiger partial charge in [0, 0.05) is 19.3 Å². The highest BCUT2D eigenvalue weighted by molar-refractivity contribution is 5.71. The molecule has 6 nitrogen and oxygen atoms in total. The molecule has 0 fully saturated rings. The maximum Gasteiger partial charge on any atom is 0.306 e. The summed E-state index contributed by atoms with van der Waals surface area (Å²) in [6.45, 7) is 6.55. The number of carbonyl (C=O) groups is 3. The lowest BCUT2D eigenvalue weighted by Crippen LogP contribution is -2.30. The zero-order valence-electron chi connectivity index (χ0n) is 54.5. The Bertz CT molecular complexity index is 1550. The molecule has 0 amide bonds. The molecule has 474 valence electrons. The molecule has 0 bridgehead atoms. The van der Waals surface area contributed by atoms with Crippen molar-refractivity contribution in [3.05, 3.63) is 85.1 Å². The molecule has 0 heterocycles. The van der Waals surface area contributed by atoms with Crippen molar-refractivity contribution in [3.8, 4) is 0 Å². The maximum atomic E-state index is 12.9. The van der Waals surface area contributed by atoms with E-state index in [1.54, 1.807) is 0 Å². The van der Waals surface area contributed by atoms with Gasteiger partial charge < -0.3 is 14.2 Å². The number of allylic oxidation sites excluding steroid dienone is 14. The summed E-state index contributed by atoms with van der Waals surface area (Å²) in [4.78, 5) is 38.4. The van der Waals surface area contributed by atoms with Crippen LogP contribution in [0, 0.1) is 0 Å². The molecule has 0 rings (SSSR count). The number of rotatable bonds is 65. The van der Waals surface area contributed by atoms with Crippen molar-refractivity contribution in [1.29, 1.82) is 0 Å². The van der Waals surface area contributed by atoms with Crippen LogP contribution >= 0.6 is 0 Å². The van der Waals surface area contributed by atoms with Gasteiger partial charge in [0.25, 0.3) is 0 Å². The monoisotopic (exact) mass is 1140 g/mol. The van der Waals surface area contributed by atoms with Gasteiger partial charge in [0.1, 0.15) is 13.2 Å². The van der Waals surface area contributed by atoms with Crippen LogP contribution in [0.4, 0.5) is 0 Å². The Hall–Kier alpha value is -3.41. The summed E-state index contributed by atoms with van der Waals surface area (Å²) in [5.41, 5.74) is 0. The molecule has 1 atom stereocenters. The van der Waals surface area contributed by atoms with Gasteiger partial charge in [-0.3, -0.25) is 14.4 Å². The second-order valence-corrected chi connectivity index (χ2v) is 23.8. The van der Waals surface area contributed by atoms with E-state index in [4.69, 9.17) is 14.2 Å². The summed E-state index contributed by atoms with van der Waals surface area (Å²) in [7, 11) is 0. The van der Waals surface area contributed by atoms with E-state index in [1.807, 2.05) is 0 Å². The molecule has 0 N–H and O–H groups in total. The highest BCUT2D eigenvalue weighted by atomic mass is 16.6. The van der Waals surface area contributed by atoms with Crippen LogP contribution in [-0.4, -0.2) is 37.2 Å². The lowest BCUT2D eigenvalue weighted by Gasteiger charge is -2.18. The van der Waals surface area contributed by atoms with E-state index in [0.29, 0.717) is 19.3 Å². The van der Waals surface area contributed by atoms with Crippen LogP contribution in [0.15, 0.2) is 85.1 Å². The minimum absolute atomic E-state index is 0.0731. The standard InChI is InChI=1S/C76H134O6/c1-4-7-10-13-16-19-22-25-27-29-30-31-32-33-34-35-36-37-38-39-40-41-42-43-44-45-46-47-49-51-54-57-60-63-66-69-75(78)81-72-73(71-80-74(77)68-65-62-59-56-53-50-24-21-18-15-12-9-6-3)82-76(79)70-67-64-61-58-55-52-48-28-26-23-20-17-14-11-8-5-2/h7,10,16,19,21,24-25,27,30-31,33-34,36-37,73H,4-6,8-9,11-15,17-18,20,22-23,26,28-29,32,35,38-72H2,1-3H3/b10-7-,19-16-,24-21-,27-25-,31-30-,34-33-,37-36-. The van der Waals surface area contributed by atoms with Crippen molar-refractivity contribution in [3.63, 3.8) is 0 Å². The van der Waals surface area contributed by atoms with Crippen molar-refractivity contribution in [2.75, 3.05) is 13.2 Å². The van der Waals surface area contributed by atoms with Crippen LogP contribution in [0.2, 0.25) is 0 Å². The number of unbranched alkanes of at least 4 members (excludes halogenated alkanes) is 40. The van der Waals surface area contributed by atoms with Crippen molar-refractivity contribution in [1.82, 2.24) is 0 Å².